The van der Waals surface area contributed by atoms with Crippen molar-refractivity contribution in [2.45, 2.75) is 46.1 Å². The van der Waals surface area contributed by atoms with Crippen LogP contribution in [-0.2, 0) is 4.79 Å². The third-order valence-electron chi connectivity index (χ3n) is 4.40. The van der Waals surface area contributed by atoms with E-state index in [-0.39, 0.29) is 11.2 Å². The molecule has 0 spiro atoms. The molecule has 84 valence electrons. The maximum Gasteiger partial charge on any atom is 0.158 e. The lowest BCUT2D eigenvalue weighted by molar-refractivity contribution is -0.120. The van der Waals surface area contributed by atoms with Crippen LogP contribution < -0.4 is 0 Å². The van der Waals surface area contributed by atoms with Crippen molar-refractivity contribution in [2.24, 2.45) is 17.3 Å². The number of hydrogen-bond donors (Lipinski definition) is 1. The summed E-state index contributed by atoms with van der Waals surface area (Å²) < 4.78 is 0. The topological polar surface area (TPSA) is 37.3 Å². The summed E-state index contributed by atoms with van der Waals surface area (Å²) in [7, 11) is 0. The first-order valence-corrected chi connectivity index (χ1v) is 5.91. The Morgan fingerprint density at radius 3 is 2.80 bits per heavy atom. The molecule has 0 bridgehead atoms. The SMILES string of the molecule is CC1CCC2(C(C)C)C1=CC(=O)CC2O. The maximum absolute atomic E-state index is 11.5. The number of carbonyl (C=O) groups is 1. The van der Waals surface area contributed by atoms with Crippen LogP contribution >= 0.6 is 0 Å². The number of rotatable bonds is 1. The molecular weight excluding hydrogens is 188 g/mol. The second-order valence-corrected chi connectivity index (χ2v) is 5.42. The summed E-state index contributed by atoms with van der Waals surface area (Å²) in [5.74, 6) is 0.977. The molecular formula is C13H20O2. The molecule has 0 aliphatic heterocycles. The lowest BCUT2D eigenvalue weighted by atomic mass is 9.64. The van der Waals surface area contributed by atoms with E-state index in [0.29, 0.717) is 18.3 Å². The summed E-state index contributed by atoms with van der Waals surface area (Å²) in [6, 6.07) is 0. The minimum atomic E-state index is -0.463. The van der Waals surface area contributed by atoms with Crippen LogP contribution in [0.3, 0.4) is 0 Å². The summed E-state index contributed by atoms with van der Waals surface area (Å²) >= 11 is 0. The normalized spacial score (nSPS) is 40.6. The van der Waals surface area contributed by atoms with E-state index < -0.39 is 6.10 Å². The van der Waals surface area contributed by atoms with Crippen molar-refractivity contribution in [1.29, 1.82) is 0 Å². The van der Waals surface area contributed by atoms with Crippen LogP contribution in [-0.4, -0.2) is 17.0 Å². The highest BCUT2D eigenvalue weighted by atomic mass is 16.3. The first kappa shape index (κ1) is 10.9. The zero-order valence-corrected chi connectivity index (χ0v) is 9.79. The van der Waals surface area contributed by atoms with Crippen molar-refractivity contribution < 1.29 is 9.90 Å². The molecule has 3 unspecified atom stereocenters. The third kappa shape index (κ3) is 1.38. The highest BCUT2D eigenvalue weighted by Crippen LogP contribution is 2.55. The summed E-state index contributed by atoms with van der Waals surface area (Å²) in [6.07, 6.45) is 3.80. The Bertz CT molecular complexity index is 316. The lowest BCUT2D eigenvalue weighted by Crippen LogP contribution is -2.43. The average molecular weight is 208 g/mol. The zero-order chi connectivity index (χ0) is 11.2. The Labute approximate surface area is 91.4 Å². The van der Waals surface area contributed by atoms with Gasteiger partial charge in [0.05, 0.1) is 6.10 Å². The fourth-order valence-corrected chi connectivity index (χ4v) is 3.46. The van der Waals surface area contributed by atoms with Gasteiger partial charge in [0, 0.05) is 11.8 Å². The van der Waals surface area contributed by atoms with Crippen molar-refractivity contribution in [3.8, 4) is 0 Å². The lowest BCUT2D eigenvalue weighted by Gasteiger charge is -2.42. The van der Waals surface area contributed by atoms with Crippen molar-refractivity contribution in [3.05, 3.63) is 11.6 Å². The van der Waals surface area contributed by atoms with Gasteiger partial charge in [0.2, 0.25) is 0 Å². The van der Waals surface area contributed by atoms with Crippen LogP contribution in [0.2, 0.25) is 0 Å². The summed E-state index contributed by atoms with van der Waals surface area (Å²) in [6.45, 7) is 6.48. The van der Waals surface area contributed by atoms with Crippen LogP contribution in [0.15, 0.2) is 11.6 Å². The second kappa shape index (κ2) is 3.44. The monoisotopic (exact) mass is 208 g/mol. The molecule has 2 heteroatoms. The molecule has 0 heterocycles. The summed E-state index contributed by atoms with van der Waals surface area (Å²) in [4.78, 5) is 11.5. The number of aliphatic hydroxyl groups excluding tert-OH is 1. The Hall–Kier alpha value is -0.630. The predicted molar refractivity (Wildman–Crippen MR) is 59.4 cm³/mol. The van der Waals surface area contributed by atoms with E-state index in [9.17, 15) is 9.90 Å². The van der Waals surface area contributed by atoms with Gasteiger partial charge >= 0.3 is 0 Å². The largest absolute Gasteiger partial charge is 0.392 e. The average Bonchev–Trinajstić information content (AvgIpc) is 2.45. The van der Waals surface area contributed by atoms with E-state index in [4.69, 9.17) is 0 Å². The minimum absolute atomic E-state index is 0.0996. The van der Waals surface area contributed by atoms with Crippen LogP contribution in [0.25, 0.3) is 0 Å². The van der Waals surface area contributed by atoms with E-state index in [1.165, 1.54) is 5.57 Å². The van der Waals surface area contributed by atoms with Crippen molar-refractivity contribution in [2.75, 3.05) is 0 Å². The smallest absolute Gasteiger partial charge is 0.158 e. The molecule has 0 saturated heterocycles. The van der Waals surface area contributed by atoms with E-state index in [1.807, 2.05) is 6.08 Å². The van der Waals surface area contributed by atoms with E-state index >= 15 is 0 Å². The minimum Gasteiger partial charge on any atom is -0.392 e. The molecule has 0 aromatic rings. The van der Waals surface area contributed by atoms with Gasteiger partial charge in [-0.1, -0.05) is 26.3 Å². The van der Waals surface area contributed by atoms with Crippen LogP contribution in [0.5, 0.6) is 0 Å². The molecule has 2 aliphatic carbocycles. The molecule has 0 amide bonds. The van der Waals surface area contributed by atoms with Gasteiger partial charge in [-0.25, -0.2) is 0 Å². The van der Waals surface area contributed by atoms with Gasteiger partial charge in [0.25, 0.3) is 0 Å². The van der Waals surface area contributed by atoms with Gasteiger partial charge in [-0.3, -0.25) is 4.79 Å². The van der Waals surface area contributed by atoms with Gasteiger partial charge in [-0.2, -0.15) is 0 Å². The molecule has 1 N–H and O–H groups in total. The molecule has 3 atom stereocenters. The number of ketones is 1. The fourth-order valence-electron chi connectivity index (χ4n) is 3.46. The molecule has 2 aliphatic rings. The molecule has 2 rings (SSSR count). The maximum atomic E-state index is 11.5. The molecule has 2 nitrogen and oxygen atoms in total. The van der Waals surface area contributed by atoms with E-state index in [1.54, 1.807) is 0 Å². The fraction of sp³-hybridized carbons (Fsp3) is 0.769. The molecule has 1 saturated carbocycles. The van der Waals surface area contributed by atoms with Crippen LogP contribution in [0, 0.1) is 17.3 Å². The summed E-state index contributed by atoms with van der Waals surface area (Å²) in [5.41, 5.74) is 1.11. The Morgan fingerprint density at radius 2 is 2.20 bits per heavy atom. The summed E-state index contributed by atoms with van der Waals surface area (Å²) in [5, 5.41) is 10.2. The Kier molecular flexibility index (Phi) is 2.50. The molecule has 0 aromatic carbocycles. The van der Waals surface area contributed by atoms with Gasteiger partial charge in [0.15, 0.2) is 5.78 Å². The van der Waals surface area contributed by atoms with Gasteiger partial charge in [-0.15, -0.1) is 0 Å². The van der Waals surface area contributed by atoms with Crippen molar-refractivity contribution >= 4 is 5.78 Å². The first-order valence-electron chi connectivity index (χ1n) is 5.91. The number of fused-ring (bicyclic) bond motifs is 1. The zero-order valence-electron chi connectivity index (χ0n) is 9.79. The van der Waals surface area contributed by atoms with E-state index in [2.05, 4.69) is 20.8 Å². The van der Waals surface area contributed by atoms with Crippen molar-refractivity contribution in [3.63, 3.8) is 0 Å². The van der Waals surface area contributed by atoms with Gasteiger partial charge < -0.3 is 5.11 Å². The van der Waals surface area contributed by atoms with Gasteiger partial charge in [0.1, 0.15) is 0 Å². The highest BCUT2D eigenvalue weighted by Gasteiger charge is 2.51. The number of aliphatic hydroxyl groups is 1. The standard InChI is InChI=1S/C13H20O2/c1-8(2)13-5-4-9(3)11(13)6-10(14)7-12(13)15/h6,8-9,12,15H,4-5,7H2,1-3H3. The first-order chi connectivity index (χ1) is 6.98. The highest BCUT2D eigenvalue weighted by molar-refractivity contribution is 5.92. The van der Waals surface area contributed by atoms with Crippen LogP contribution in [0.1, 0.15) is 40.0 Å². The number of allylic oxidation sites excluding steroid dienone is 1. The predicted octanol–water partition coefficient (Wildman–Crippen LogP) is 2.32. The number of hydrogen-bond acceptors (Lipinski definition) is 2. The molecule has 15 heavy (non-hydrogen) atoms. The Balaban J connectivity index is 2.49. The molecule has 0 radical (unpaired) electrons. The van der Waals surface area contributed by atoms with Crippen molar-refractivity contribution in [1.82, 2.24) is 0 Å². The van der Waals surface area contributed by atoms with Crippen LogP contribution in [0.4, 0.5) is 0 Å². The molecule has 1 fully saturated rings. The second-order valence-electron chi connectivity index (χ2n) is 5.42. The number of carbonyl (C=O) groups excluding carboxylic acids is 1. The quantitative estimate of drug-likeness (QED) is 0.718. The van der Waals surface area contributed by atoms with Gasteiger partial charge in [-0.05, 0) is 30.8 Å². The third-order valence-corrected chi connectivity index (χ3v) is 4.40. The Morgan fingerprint density at radius 1 is 1.53 bits per heavy atom. The van der Waals surface area contributed by atoms with E-state index in [0.717, 1.165) is 12.8 Å². The molecule has 0 aromatic heterocycles.